The minimum Gasteiger partial charge on any atom is -0.293 e. The molecular weight excluding hydrogens is 276 g/mol. The average molecular weight is 304 g/mol. The number of hydrogen-bond donors (Lipinski definition) is 0. The van der Waals surface area contributed by atoms with Crippen LogP contribution in [0, 0.1) is 0 Å². The number of carbonyl (C=O) groups excluding carboxylic acids is 1. The molecular formula is C19H28O3. The lowest BCUT2D eigenvalue weighted by Gasteiger charge is -2.17. The predicted molar refractivity (Wildman–Crippen MR) is 87.5 cm³/mol. The second-order valence-corrected chi connectivity index (χ2v) is 6.21. The van der Waals surface area contributed by atoms with Gasteiger partial charge in [0.25, 0.3) is 0 Å². The lowest BCUT2D eigenvalue weighted by molar-refractivity contribution is -0.277. The minimum absolute atomic E-state index is 0.0482. The lowest BCUT2D eigenvalue weighted by Crippen LogP contribution is -2.17. The summed E-state index contributed by atoms with van der Waals surface area (Å²) in [6, 6.07) is 9.02. The maximum absolute atomic E-state index is 11.9. The number of rotatable bonds is 3. The Morgan fingerprint density at radius 1 is 0.773 bits per heavy atom. The molecule has 22 heavy (non-hydrogen) atoms. The van der Waals surface area contributed by atoms with Gasteiger partial charge in [0.2, 0.25) is 0 Å². The van der Waals surface area contributed by atoms with Crippen LogP contribution in [0.2, 0.25) is 0 Å². The van der Waals surface area contributed by atoms with E-state index in [1.807, 2.05) is 18.2 Å². The van der Waals surface area contributed by atoms with Gasteiger partial charge in [0, 0.05) is 0 Å². The molecule has 1 fully saturated rings. The van der Waals surface area contributed by atoms with Crippen molar-refractivity contribution in [2.45, 2.75) is 76.7 Å². The van der Waals surface area contributed by atoms with Crippen LogP contribution in [-0.2, 0) is 9.78 Å². The molecule has 0 unspecified atom stereocenters. The monoisotopic (exact) mass is 304 g/mol. The Morgan fingerprint density at radius 3 is 1.82 bits per heavy atom. The molecule has 0 amide bonds. The molecule has 1 aromatic rings. The van der Waals surface area contributed by atoms with Gasteiger partial charge >= 0.3 is 5.97 Å². The minimum atomic E-state index is -0.397. The number of carbonyl (C=O) groups is 1. The van der Waals surface area contributed by atoms with Crippen LogP contribution in [0.4, 0.5) is 0 Å². The van der Waals surface area contributed by atoms with Crippen molar-refractivity contribution in [3.8, 4) is 0 Å². The zero-order valence-electron chi connectivity index (χ0n) is 13.5. The van der Waals surface area contributed by atoms with Crippen LogP contribution < -0.4 is 0 Å². The molecule has 3 nitrogen and oxygen atoms in total. The first-order chi connectivity index (χ1) is 10.9. The van der Waals surface area contributed by atoms with Crippen molar-refractivity contribution < 1.29 is 14.6 Å². The third-order valence-corrected chi connectivity index (χ3v) is 4.32. The fraction of sp³-hybridized carbons (Fsp3) is 0.632. The summed E-state index contributed by atoms with van der Waals surface area (Å²) in [5, 5.41) is 0. The van der Waals surface area contributed by atoms with Gasteiger partial charge in [-0.15, -0.1) is 0 Å². The van der Waals surface area contributed by atoms with Gasteiger partial charge in [-0.3, -0.25) is 4.89 Å². The van der Waals surface area contributed by atoms with Crippen LogP contribution in [-0.4, -0.2) is 12.1 Å². The maximum Gasteiger partial charge on any atom is 0.373 e. The van der Waals surface area contributed by atoms with Crippen LogP contribution in [0.3, 0.4) is 0 Å². The third-order valence-electron chi connectivity index (χ3n) is 4.32. The Hall–Kier alpha value is -1.35. The standard InChI is InChI=1S/C19H28O3/c20-19(17-13-9-8-10-14-17)22-21-18-15-11-6-4-2-1-3-5-7-12-16-18/h8-10,13-14,18H,1-7,11-12,15-16H2. The van der Waals surface area contributed by atoms with Gasteiger partial charge in [-0.25, -0.2) is 4.79 Å². The highest BCUT2D eigenvalue weighted by molar-refractivity contribution is 5.88. The molecule has 2 rings (SSSR count). The van der Waals surface area contributed by atoms with E-state index in [1.165, 1.54) is 44.9 Å². The zero-order chi connectivity index (χ0) is 15.5. The molecule has 1 saturated carbocycles. The van der Waals surface area contributed by atoms with E-state index in [4.69, 9.17) is 9.78 Å². The van der Waals surface area contributed by atoms with E-state index >= 15 is 0 Å². The van der Waals surface area contributed by atoms with Gasteiger partial charge in [0.15, 0.2) is 0 Å². The number of benzene rings is 1. The van der Waals surface area contributed by atoms with E-state index in [0.717, 1.165) is 25.7 Å². The van der Waals surface area contributed by atoms with Gasteiger partial charge in [0.1, 0.15) is 6.10 Å². The van der Waals surface area contributed by atoms with Crippen LogP contribution in [0.5, 0.6) is 0 Å². The first kappa shape index (κ1) is 17.0. The van der Waals surface area contributed by atoms with E-state index < -0.39 is 5.97 Å². The molecule has 122 valence electrons. The van der Waals surface area contributed by atoms with Crippen LogP contribution in [0.25, 0.3) is 0 Å². The highest BCUT2D eigenvalue weighted by atomic mass is 17.2. The number of hydrogen-bond acceptors (Lipinski definition) is 3. The molecule has 0 spiro atoms. The zero-order valence-corrected chi connectivity index (χ0v) is 13.5. The highest BCUT2D eigenvalue weighted by Crippen LogP contribution is 2.19. The first-order valence-electron chi connectivity index (χ1n) is 8.79. The first-order valence-corrected chi connectivity index (χ1v) is 8.79. The molecule has 0 bridgehead atoms. The van der Waals surface area contributed by atoms with E-state index in [0.29, 0.717) is 5.56 Å². The summed E-state index contributed by atoms with van der Waals surface area (Å²) in [6.07, 6.45) is 13.6. The summed E-state index contributed by atoms with van der Waals surface area (Å²) in [5.41, 5.74) is 0.538. The summed E-state index contributed by atoms with van der Waals surface area (Å²) in [6.45, 7) is 0. The smallest absolute Gasteiger partial charge is 0.293 e. The van der Waals surface area contributed by atoms with Gasteiger partial charge in [-0.2, -0.15) is 4.89 Å². The summed E-state index contributed by atoms with van der Waals surface area (Å²) < 4.78 is 0. The summed E-state index contributed by atoms with van der Waals surface area (Å²) in [4.78, 5) is 22.4. The normalized spacial score (nSPS) is 18.9. The third kappa shape index (κ3) is 6.61. The second-order valence-electron chi connectivity index (χ2n) is 6.21. The SMILES string of the molecule is O=C(OOC1CCCCCCCCCCC1)c1ccccc1. The Kier molecular flexibility index (Phi) is 8.03. The molecule has 0 atom stereocenters. The molecule has 0 aromatic heterocycles. The summed E-state index contributed by atoms with van der Waals surface area (Å²) in [5.74, 6) is -0.397. The van der Waals surface area contributed by atoms with E-state index in [-0.39, 0.29) is 6.10 Å². The van der Waals surface area contributed by atoms with Crippen molar-refractivity contribution in [1.29, 1.82) is 0 Å². The van der Waals surface area contributed by atoms with Gasteiger partial charge < -0.3 is 0 Å². The fourth-order valence-electron chi connectivity index (χ4n) is 2.96. The van der Waals surface area contributed by atoms with Crippen molar-refractivity contribution >= 4 is 5.97 Å². The van der Waals surface area contributed by atoms with Crippen LogP contribution in [0.15, 0.2) is 30.3 Å². The molecule has 0 saturated heterocycles. The average Bonchev–Trinajstić information content (AvgIpc) is 2.55. The highest BCUT2D eigenvalue weighted by Gasteiger charge is 2.15. The van der Waals surface area contributed by atoms with E-state index in [2.05, 4.69) is 0 Å². The van der Waals surface area contributed by atoms with Crippen LogP contribution >= 0.6 is 0 Å². The fourth-order valence-corrected chi connectivity index (χ4v) is 2.96. The summed E-state index contributed by atoms with van der Waals surface area (Å²) >= 11 is 0. The van der Waals surface area contributed by atoms with Crippen molar-refractivity contribution in [3.63, 3.8) is 0 Å². The van der Waals surface area contributed by atoms with Crippen molar-refractivity contribution in [3.05, 3.63) is 35.9 Å². The molecule has 1 aliphatic carbocycles. The van der Waals surface area contributed by atoms with Crippen molar-refractivity contribution in [2.75, 3.05) is 0 Å². The molecule has 0 N–H and O–H groups in total. The van der Waals surface area contributed by atoms with Crippen LogP contribution in [0.1, 0.15) is 81.0 Å². The van der Waals surface area contributed by atoms with Gasteiger partial charge in [0.05, 0.1) is 5.56 Å². The Bertz CT molecular complexity index is 404. The second kappa shape index (κ2) is 10.4. The van der Waals surface area contributed by atoms with E-state index in [9.17, 15) is 4.79 Å². The molecule has 0 heterocycles. The van der Waals surface area contributed by atoms with Crippen molar-refractivity contribution in [1.82, 2.24) is 0 Å². The molecule has 1 aliphatic rings. The topological polar surface area (TPSA) is 35.5 Å². The Labute approximate surface area is 133 Å². The maximum atomic E-state index is 11.9. The van der Waals surface area contributed by atoms with Gasteiger partial charge in [-0.05, 0) is 25.0 Å². The lowest BCUT2D eigenvalue weighted by atomic mass is 9.99. The summed E-state index contributed by atoms with van der Waals surface area (Å²) in [7, 11) is 0. The Morgan fingerprint density at radius 2 is 1.27 bits per heavy atom. The molecule has 0 aliphatic heterocycles. The van der Waals surface area contributed by atoms with Gasteiger partial charge in [-0.1, -0.05) is 76.0 Å². The molecule has 3 heteroatoms. The quantitative estimate of drug-likeness (QED) is 0.550. The molecule has 1 aromatic carbocycles. The predicted octanol–water partition coefficient (Wildman–Crippen LogP) is 5.45. The Balaban J connectivity index is 1.76. The van der Waals surface area contributed by atoms with E-state index in [1.54, 1.807) is 12.1 Å². The largest absolute Gasteiger partial charge is 0.373 e. The van der Waals surface area contributed by atoms with Crippen molar-refractivity contribution in [2.24, 2.45) is 0 Å². The molecule has 0 radical (unpaired) electrons.